The standard InChI is InChI=1S/C22H20FN3O3S/c1-3-26(11-18-24-16-9-5-4-7-13(16)21(27)25-18)22(28)20-14(12-29-2)19-15(23)8-6-10-17(19)30-20/h4-10H,3,11-12H2,1-2H3,(H,24,25,27). The summed E-state index contributed by atoms with van der Waals surface area (Å²) in [5.41, 5.74) is 0.867. The fraction of sp³-hybridized carbons (Fsp3) is 0.227. The quantitative estimate of drug-likeness (QED) is 0.505. The van der Waals surface area contributed by atoms with Crippen LogP contribution in [0.1, 0.15) is 28.0 Å². The molecule has 0 fully saturated rings. The third kappa shape index (κ3) is 3.59. The lowest BCUT2D eigenvalue weighted by Crippen LogP contribution is -2.32. The maximum absolute atomic E-state index is 14.4. The molecule has 0 aliphatic rings. The maximum Gasteiger partial charge on any atom is 0.264 e. The molecule has 6 nitrogen and oxygen atoms in total. The molecular formula is C22H20FN3O3S. The van der Waals surface area contributed by atoms with E-state index >= 15 is 0 Å². The van der Waals surface area contributed by atoms with Crippen LogP contribution < -0.4 is 5.56 Å². The van der Waals surface area contributed by atoms with Gasteiger partial charge in [-0.2, -0.15) is 0 Å². The van der Waals surface area contributed by atoms with Crippen molar-refractivity contribution >= 4 is 38.2 Å². The number of aromatic nitrogens is 2. The van der Waals surface area contributed by atoms with Crippen molar-refractivity contribution in [1.82, 2.24) is 14.9 Å². The molecule has 0 radical (unpaired) electrons. The molecule has 154 valence electrons. The number of nitrogens with one attached hydrogen (secondary N) is 1. The van der Waals surface area contributed by atoms with Crippen LogP contribution in [0.5, 0.6) is 0 Å². The zero-order chi connectivity index (χ0) is 21.3. The second kappa shape index (κ2) is 8.33. The highest BCUT2D eigenvalue weighted by atomic mass is 32.1. The summed E-state index contributed by atoms with van der Waals surface area (Å²) in [6.07, 6.45) is 0. The van der Waals surface area contributed by atoms with E-state index in [0.717, 1.165) is 0 Å². The van der Waals surface area contributed by atoms with Gasteiger partial charge in [-0.3, -0.25) is 9.59 Å². The average molecular weight is 425 g/mol. The van der Waals surface area contributed by atoms with Gasteiger partial charge in [0.15, 0.2) is 0 Å². The highest BCUT2D eigenvalue weighted by Crippen LogP contribution is 2.34. The number of ether oxygens (including phenoxy) is 1. The minimum atomic E-state index is -0.376. The molecule has 0 atom stereocenters. The highest BCUT2D eigenvalue weighted by Gasteiger charge is 2.24. The Morgan fingerprint density at radius 1 is 1.23 bits per heavy atom. The van der Waals surface area contributed by atoms with Gasteiger partial charge in [0.1, 0.15) is 11.6 Å². The summed E-state index contributed by atoms with van der Waals surface area (Å²) in [7, 11) is 1.51. The summed E-state index contributed by atoms with van der Waals surface area (Å²) in [4.78, 5) is 34.9. The van der Waals surface area contributed by atoms with Gasteiger partial charge in [0.25, 0.3) is 11.5 Å². The van der Waals surface area contributed by atoms with Gasteiger partial charge >= 0.3 is 0 Å². The molecule has 1 N–H and O–H groups in total. The lowest BCUT2D eigenvalue weighted by atomic mass is 10.1. The molecule has 0 aliphatic heterocycles. The number of hydrogen-bond donors (Lipinski definition) is 1. The van der Waals surface area contributed by atoms with E-state index in [1.54, 1.807) is 35.2 Å². The molecule has 0 unspecified atom stereocenters. The molecular weight excluding hydrogens is 405 g/mol. The first kappa shape index (κ1) is 20.2. The summed E-state index contributed by atoms with van der Waals surface area (Å²) in [5.74, 6) is -0.228. The Kier molecular flexibility index (Phi) is 5.61. The highest BCUT2D eigenvalue weighted by molar-refractivity contribution is 7.21. The van der Waals surface area contributed by atoms with Crippen molar-refractivity contribution in [1.29, 1.82) is 0 Å². The number of carbonyl (C=O) groups is 1. The second-order valence-corrected chi connectivity index (χ2v) is 7.86. The number of rotatable bonds is 6. The van der Waals surface area contributed by atoms with Crippen molar-refractivity contribution in [3.63, 3.8) is 0 Å². The molecule has 0 aliphatic carbocycles. The molecule has 2 aromatic carbocycles. The smallest absolute Gasteiger partial charge is 0.264 e. The zero-order valence-corrected chi connectivity index (χ0v) is 17.4. The van der Waals surface area contributed by atoms with E-state index in [1.807, 2.05) is 13.0 Å². The fourth-order valence-electron chi connectivity index (χ4n) is 3.48. The number of fused-ring (bicyclic) bond motifs is 2. The van der Waals surface area contributed by atoms with Crippen LogP contribution in [0.15, 0.2) is 47.3 Å². The van der Waals surface area contributed by atoms with Crippen molar-refractivity contribution in [2.75, 3.05) is 13.7 Å². The van der Waals surface area contributed by atoms with E-state index in [0.29, 0.717) is 43.8 Å². The van der Waals surface area contributed by atoms with Gasteiger partial charge in [-0.25, -0.2) is 9.37 Å². The van der Waals surface area contributed by atoms with Crippen LogP contribution in [0.2, 0.25) is 0 Å². The molecule has 0 bridgehead atoms. The molecule has 0 saturated carbocycles. The minimum Gasteiger partial charge on any atom is -0.380 e. The van der Waals surface area contributed by atoms with Gasteiger partial charge in [-0.15, -0.1) is 11.3 Å². The van der Waals surface area contributed by atoms with Gasteiger partial charge in [0, 0.05) is 29.3 Å². The topological polar surface area (TPSA) is 75.3 Å². The van der Waals surface area contributed by atoms with Gasteiger partial charge in [0.2, 0.25) is 0 Å². The van der Waals surface area contributed by atoms with Gasteiger partial charge < -0.3 is 14.6 Å². The maximum atomic E-state index is 14.4. The SMILES string of the molecule is CCN(Cc1nc2ccccc2c(=O)[nH]1)C(=O)c1sc2cccc(F)c2c1COC. The number of para-hydroxylation sites is 1. The summed E-state index contributed by atoms with van der Waals surface area (Å²) >= 11 is 1.24. The van der Waals surface area contributed by atoms with Crippen LogP contribution >= 0.6 is 11.3 Å². The molecule has 2 heterocycles. The Bertz CT molecular complexity index is 1300. The third-order valence-corrected chi connectivity index (χ3v) is 6.10. The van der Waals surface area contributed by atoms with Gasteiger partial charge in [-0.05, 0) is 31.2 Å². The number of aromatic amines is 1. The van der Waals surface area contributed by atoms with Crippen molar-refractivity contribution in [2.45, 2.75) is 20.1 Å². The molecule has 8 heteroatoms. The summed E-state index contributed by atoms with van der Waals surface area (Å²) < 4.78 is 20.4. The first-order valence-corrected chi connectivity index (χ1v) is 10.3. The molecule has 4 rings (SSSR count). The predicted molar refractivity (Wildman–Crippen MR) is 115 cm³/mol. The van der Waals surface area contributed by atoms with Crippen LogP contribution in [0.25, 0.3) is 21.0 Å². The Morgan fingerprint density at radius 2 is 2.03 bits per heavy atom. The van der Waals surface area contributed by atoms with Crippen LogP contribution in [-0.2, 0) is 17.9 Å². The number of methoxy groups -OCH3 is 1. The Balaban J connectivity index is 1.72. The Morgan fingerprint density at radius 3 is 2.80 bits per heavy atom. The molecule has 0 saturated heterocycles. The molecule has 30 heavy (non-hydrogen) atoms. The van der Waals surface area contributed by atoms with E-state index < -0.39 is 0 Å². The van der Waals surface area contributed by atoms with Crippen LogP contribution in [0.4, 0.5) is 4.39 Å². The largest absolute Gasteiger partial charge is 0.380 e. The summed E-state index contributed by atoms with van der Waals surface area (Å²) in [6.45, 7) is 2.52. The number of carbonyl (C=O) groups excluding carboxylic acids is 1. The number of amides is 1. The molecule has 1 amide bonds. The minimum absolute atomic E-state index is 0.130. The molecule has 4 aromatic rings. The Labute approximate surface area is 175 Å². The number of halogens is 1. The zero-order valence-electron chi connectivity index (χ0n) is 16.6. The lowest BCUT2D eigenvalue weighted by Gasteiger charge is -2.20. The van der Waals surface area contributed by atoms with Crippen LogP contribution in [0, 0.1) is 5.82 Å². The first-order chi connectivity index (χ1) is 14.5. The predicted octanol–water partition coefficient (Wildman–Crippen LogP) is 4.09. The van der Waals surface area contributed by atoms with E-state index in [2.05, 4.69) is 9.97 Å². The van der Waals surface area contributed by atoms with E-state index in [9.17, 15) is 14.0 Å². The summed E-state index contributed by atoms with van der Waals surface area (Å²) in [6, 6.07) is 11.8. The normalized spacial score (nSPS) is 11.3. The lowest BCUT2D eigenvalue weighted by molar-refractivity contribution is 0.0749. The van der Waals surface area contributed by atoms with E-state index in [4.69, 9.17) is 4.74 Å². The number of hydrogen-bond acceptors (Lipinski definition) is 5. The summed E-state index contributed by atoms with van der Waals surface area (Å²) in [5, 5.41) is 0.916. The van der Waals surface area contributed by atoms with Crippen molar-refractivity contribution < 1.29 is 13.9 Å². The number of benzene rings is 2. The molecule has 2 aromatic heterocycles. The second-order valence-electron chi connectivity index (χ2n) is 6.80. The van der Waals surface area contributed by atoms with Crippen LogP contribution in [0.3, 0.4) is 0 Å². The molecule has 0 spiro atoms. The Hall–Kier alpha value is -3.10. The monoisotopic (exact) mass is 425 g/mol. The van der Waals surface area contributed by atoms with E-state index in [-0.39, 0.29) is 30.4 Å². The van der Waals surface area contributed by atoms with E-state index in [1.165, 1.54) is 24.5 Å². The van der Waals surface area contributed by atoms with Crippen molar-refractivity contribution in [3.05, 3.63) is 74.9 Å². The number of thiophene rings is 1. The number of nitrogens with zero attached hydrogens (tertiary/aromatic N) is 2. The third-order valence-electron chi connectivity index (χ3n) is 4.92. The fourth-order valence-corrected chi connectivity index (χ4v) is 4.67. The van der Waals surface area contributed by atoms with Crippen molar-refractivity contribution in [3.8, 4) is 0 Å². The van der Waals surface area contributed by atoms with Crippen molar-refractivity contribution in [2.24, 2.45) is 0 Å². The van der Waals surface area contributed by atoms with Gasteiger partial charge in [-0.1, -0.05) is 18.2 Å². The van der Waals surface area contributed by atoms with Crippen LogP contribution in [-0.4, -0.2) is 34.4 Å². The average Bonchev–Trinajstić information content (AvgIpc) is 3.11. The number of H-pyrrole nitrogens is 1. The first-order valence-electron chi connectivity index (χ1n) is 9.49. The van der Waals surface area contributed by atoms with Gasteiger partial charge in [0.05, 0.1) is 28.9 Å².